The number of carbonyl (C=O) groups excluding carboxylic acids is 4. The molecular formula is C36H50BrN3O8. The third kappa shape index (κ3) is 7.56. The Kier molecular flexibility index (Phi) is 12.7. The fourth-order valence-electron chi connectivity index (χ4n) is 7.41. The van der Waals surface area contributed by atoms with Gasteiger partial charge in [0.05, 0.1) is 30.6 Å². The molecule has 3 fully saturated rings. The average molecular weight is 733 g/mol. The topological polar surface area (TPSA) is 135 Å². The lowest BCUT2D eigenvalue weighted by Crippen LogP contribution is -2.60. The van der Waals surface area contributed by atoms with Crippen LogP contribution in [0.3, 0.4) is 0 Å². The summed E-state index contributed by atoms with van der Waals surface area (Å²) in [5.41, 5.74) is -1.21. The molecule has 0 saturated carbocycles. The molecule has 4 rings (SSSR count). The second kappa shape index (κ2) is 16.1. The number of alkyl halides is 1. The number of fused-ring (bicyclic) bond motifs is 1. The Balaban J connectivity index is 1.73. The van der Waals surface area contributed by atoms with E-state index in [1.54, 1.807) is 22.0 Å². The third-order valence-electron chi connectivity index (χ3n) is 9.49. The molecule has 0 radical (unpaired) electrons. The van der Waals surface area contributed by atoms with E-state index < -0.39 is 53.2 Å². The van der Waals surface area contributed by atoms with E-state index in [9.17, 15) is 24.3 Å². The summed E-state index contributed by atoms with van der Waals surface area (Å²) in [5.74, 6) is -3.49. The monoisotopic (exact) mass is 731 g/mol. The number of ether oxygens (including phenoxy) is 3. The van der Waals surface area contributed by atoms with Crippen LogP contribution in [0.25, 0.3) is 0 Å². The number of aliphatic hydroxyl groups excluding tert-OH is 1. The largest absolute Gasteiger partial charge is 0.455 e. The number of esters is 1. The van der Waals surface area contributed by atoms with E-state index in [0.29, 0.717) is 31.2 Å². The van der Waals surface area contributed by atoms with Crippen LogP contribution in [-0.2, 0) is 33.4 Å². The molecule has 48 heavy (non-hydrogen) atoms. The third-order valence-corrected chi connectivity index (χ3v) is 10.3. The maximum Gasteiger partial charge on any atom is 0.313 e. The molecule has 3 amide bonds. The molecule has 3 aliphatic heterocycles. The van der Waals surface area contributed by atoms with Crippen LogP contribution in [-0.4, -0.2) is 106 Å². The van der Waals surface area contributed by atoms with Crippen molar-refractivity contribution in [3.05, 3.63) is 61.2 Å². The normalized spacial score (nSPS) is 27.2. The second-order valence-corrected chi connectivity index (χ2v) is 14.9. The van der Waals surface area contributed by atoms with E-state index in [0.717, 1.165) is 0 Å². The fraction of sp³-hybridized carbons (Fsp3) is 0.611. The van der Waals surface area contributed by atoms with Crippen molar-refractivity contribution in [2.75, 3.05) is 33.4 Å². The molecule has 3 saturated heterocycles. The lowest BCUT2D eigenvalue weighted by molar-refractivity contribution is -0.163. The first kappa shape index (κ1) is 37.8. The summed E-state index contributed by atoms with van der Waals surface area (Å²) < 4.78 is 18.4. The average Bonchev–Trinajstić information content (AvgIpc) is 3.64. The van der Waals surface area contributed by atoms with Gasteiger partial charge in [-0.15, -0.1) is 13.2 Å². The van der Waals surface area contributed by atoms with E-state index in [4.69, 9.17) is 14.2 Å². The summed E-state index contributed by atoms with van der Waals surface area (Å²) in [7, 11) is 1.50. The van der Waals surface area contributed by atoms with Crippen LogP contribution in [0.5, 0.6) is 0 Å². The van der Waals surface area contributed by atoms with Gasteiger partial charge in [-0.25, -0.2) is 0 Å². The highest BCUT2D eigenvalue weighted by molar-refractivity contribution is 9.09. The molecule has 11 nitrogen and oxygen atoms in total. The first-order valence-corrected chi connectivity index (χ1v) is 17.6. The number of rotatable bonds is 17. The van der Waals surface area contributed by atoms with Crippen molar-refractivity contribution in [2.24, 2.45) is 11.8 Å². The number of hydrogen-bond acceptors (Lipinski definition) is 8. The Labute approximate surface area is 292 Å². The zero-order valence-corrected chi connectivity index (χ0v) is 30.0. The number of amides is 3. The van der Waals surface area contributed by atoms with Crippen LogP contribution in [0.15, 0.2) is 55.6 Å². The predicted molar refractivity (Wildman–Crippen MR) is 184 cm³/mol. The highest BCUT2D eigenvalue weighted by Crippen LogP contribution is 2.60. The van der Waals surface area contributed by atoms with Gasteiger partial charge in [0.2, 0.25) is 17.7 Å². The summed E-state index contributed by atoms with van der Waals surface area (Å²) in [5, 5.41) is 12.5. The number of unbranched alkanes of at least 4 members (excludes halogenated alkanes) is 1. The fourth-order valence-corrected chi connectivity index (χ4v) is 8.35. The van der Waals surface area contributed by atoms with E-state index in [1.807, 2.05) is 51.1 Å². The zero-order valence-electron chi connectivity index (χ0n) is 28.4. The minimum atomic E-state index is -1.27. The number of likely N-dealkylation sites (tertiary alicyclic amines) is 1. The molecule has 2 N–H and O–H groups in total. The first-order chi connectivity index (χ1) is 22.9. The van der Waals surface area contributed by atoms with E-state index in [1.165, 1.54) is 7.11 Å². The van der Waals surface area contributed by atoms with E-state index in [-0.39, 0.29) is 55.3 Å². The molecule has 3 aliphatic rings. The van der Waals surface area contributed by atoms with Gasteiger partial charge in [0, 0.05) is 43.6 Å². The molecule has 1 spiro atoms. The van der Waals surface area contributed by atoms with Crippen molar-refractivity contribution in [1.29, 1.82) is 0 Å². The quantitative estimate of drug-likeness (QED) is 0.107. The van der Waals surface area contributed by atoms with Gasteiger partial charge >= 0.3 is 5.97 Å². The van der Waals surface area contributed by atoms with Gasteiger partial charge < -0.3 is 34.4 Å². The van der Waals surface area contributed by atoms with Crippen molar-refractivity contribution < 1.29 is 38.5 Å². The standard InChI is InChI=1S/C36H50BrN3O8/c1-7-9-17-26(42)38-25(22-46-6)29(23-15-11-10-12-16-23)47-34(45)27-28-32(43)39(19-13-14-20-41)31(36(28)21-24(37)30(27)48-36)33(44)40(18-8-2)35(3,4)5/h7-8,10-12,15-16,24-25,27-31,41H,1-2,9,13-14,17-22H2,3-6H3,(H,38,42)/t24?,25-,27-,28+,29-,30-,31-,36+/m1/s1. The lowest BCUT2D eigenvalue weighted by atomic mass is 9.70. The van der Waals surface area contributed by atoms with Gasteiger partial charge in [0.15, 0.2) is 0 Å². The summed E-state index contributed by atoms with van der Waals surface area (Å²) in [6, 6.07) is 7.37. The van der Waals surface area contributed by atoms with Crippen LogP contribution >= 0.6 is 15.9 Å². The number of allylic oxidation sites excluding steroid dienone is 1. The SMILES string of the molecule is C=CCCC(=O)N[C@H](COC)[C@H](OC(=O)[C@H]1[C@@H]2O[C@@]3(CC2Br)[C@@H]1C(=O)N(CCCCO)[C@@H]3C(=O)N(CC=C)C(C)(C)C)c1ccccc1. The molecule has 0 aromatic heterocycles. The van der Waals surface area contributed by atoms with Gasteiger partial charge in [-0.1, -0.05) is 58.4 Å². The molecule has 1 aromatic rings. The van der Waals surface area contributed by atoms with Crippen molar-refractivity contribution in [2.45, 2.75) is 93.1 Å². The molecule has 1 aromatic carbocycles. The minimum Gasteiger partial charge on any atom is -0.455 e. The first-order valence-electron chi connectivity index (χ1n) is 16.7. The molecule has 1 unspecified atom stereocenters. The summed E-state index contributed by atoms with van der Waals surface area (Å²) in [6.07, 6.45) is 3.62. The zero-order chi connectivity index (χ0) is 35.2. The Morgan fingerprint density at radius 2 is 1.92 bits per heavy atom. The number of methoxy groups -OCH3 is 1. The predicted octanol–water partition coefficient (Wildman–Crippen LogP) is 3.70. The van der Waals surface area contributed by atoms with Crippen LogP contribution in [0.2, 0.25) is 0 Å². The molecule has 3 heterocycles. The van der Waals surface area contributed by atoms with Crippen molar-refractivity contribution >= 4 is 39.6 Å². The van der Waals surface area contributed by atoms with Crippen molar-refractivity contribution in [3.8, 4) is 0 Å². The molecule has 12 heteroatoms. The summed E-state index contributed by atoms with van der Waals surface area (Å²) in [4.78, 5) is 59.2. The number of hydrogen-bond donors (Lipinski definition) is 2. The van der Waals surface area contributed by atoms with Crippen LogP contribution in [0.1, 0.15) is 64.5 Å². The minimum absolute atomic E-state index is 0.0512. The van der Waals surface area contributed by atoms with Crippen LogP contribution in [0, 0.1) is 11.8 Å². The van der Waals surface area contributed by atoms with Crippen LogP contribution < -0.4 is 5.32 Å². The molecule has 264 valence electrons. The van der Waals surface area contributed by atoms with Crippen molar-refractivity contribution in [1.82, 2.24) is 15.1 Å². The summed E-state index contributed by atoms with van der Waals surface area (Å²) in [6.45, 7) is 13.8. The van der Waals surface area contributed by atoms with Gasteiger partial charge in [-0.3, -0.25) is 19.2 Å². The molecule has 0 aliphatic carbocycles. The van der Waals surface area contributed by atoms with Crippen LogP contribution in [0.4, 0.5) is 0 Å². The molecule has 8 atom stereocenters. The maximum atomic E-state index is 14.5. The Hall–Kier alpha value is -3.06. The number of halogens is 1. The number of carbonyl (C=O) groups is 4. The number of benzene rings is 1. The van der Waals surface area contributed by atoms with Gasteiger partial charge in [-0.2, -0.15) is 0 Å². The highest BCUT2D eigenvalue weighted by Gasteiger charge is 2.77. The van der Waals surface area contributed by atoms with Gasteiger partial charge in [0.25, 0.3) is 0 Å². The van der Waals surface area contributed by atoms with Crippen molar-refractivity contribution in [3.63, 3.8) is 0 Å². The molecular weight excluding hydrogens is 682 g/mol. The Morgan fingerprint density at radius 1 is 1.21 bits per heavy atom. The number of nitrogens with zero attached hydrogens (tertiary/aromatic N) is 2. The van der Waals surface area contributed by atoms with Gasteiger partial charge in [-0.05, 0) is 52.0 Å². The van der Waals surface area contributed by atoms with Gasteiger partial charge in [0.1, 0.15) is 17.7 Å². The highest BCUT2D eigenvalue weighted by atomic mass is 79.9. The Morgan fingerprint density at radius 3 is 2.52 bits per heavy atom. The molecule has 2 bridgehead atoms. The lowest BCUT2D eigenvalue weighted by Gasteiger charge is -2.42. The summed E-state index contributed by atoms with van der Waals surface area (Å²) >= 11 is 3.72. The smallest absolute Gasteiger partial charge is 0.313 e. The maximum absolute atomic E-state index is 14.5. The second-order valence-electron chi connectivity index (χ2n) is 13.8. The Bertz CT molecular complexity index is 1340. The number of nitrogens with one attached hydrogen (secondary N) is 1. The van der Waals surface area contributed by atoms with E-state index in [2.05, 4.69) is 34.4 Å². The number of aliphatic hydroxyl groups is 1. The van der Waals surface area contributed by atoms with E-state index >= 15 is 0 Å².